The second-order valence-electron chi connectivity index (χ2n) is 7.16. The Morgan fingerprint density at radius 2 is 1.96 bits per heavy atom. The molecule has 0 saturated carbocycles. The summed E-state index contributed by atoms with van der Waals surface area (Å²) in [6.07, 6.45) is 0. The largest absolute Gasteiger partial charge is 0.465 e. The van der Waals surface area contributed by atoms with E-state index in [2.05, 4.69) is 33.9 Å². The number of halogens is 1. The zero-order valence-electron chi connectivity index (χ0n) is 14.9. The predicted molar refractivity (Wildman–Crippen MR) is 93.3 cm³/mol. The third-order valence-electron chi connectivity index (χ3n) is 4.42. The Hall–Kier alpha value is -1.40. The SMILES string of the molecule is CCOC(=O)C(CO[Si](C)(C)C(C)(C)C)c1ccc(N)c(F)c1. The van der Waals surface area contributed by atoms with Gasteiger partial charge in [-0.2, -0.15) is 0 Å². The molecule has 0 fully saturated rings. The first kappa shape index (κ1) is 19.6. The number of esters is 1. The fourth-order valence-corrected chi connectivity index (χ4v) is 2.83. The molecule has 1 aromatic carbocycles. The molecule has 6 heteroatoms. The molecule has 23 heavy (non-hydrogen) atoms. The molecular formula is C17H28FNO3Si. The van der Waals surface area contributed by atoms with Crippen molar-refractivity contribution in [1.82, 2.24) is 0 Å². The lowest BCUT2D eigenvalue weighted by atomic mass is 10.00. The van der Waals surface area contributed by atoms with Crippen molar-refractivity contribution in [1.29, 1.82) is 0 Å². The molecule has 1 rings (SSSR count). The number of hydrogen-bond acceptors (Lipinski definition) is 4. The van der Waals surface area contributed by atoms with E-state index in [0.29, 0.717) is 5.56 Å². The Morgan fingerprint density at radius 3 is 2.43 bits per heavy atom. The third-order valence-corrected chi connectivity index (χ3v) is 8.92. The van der Waals surface area contributed by atoms with E-state index in [0.717, 1.165) is 0 Å². The molecule has 0 aliphatic heterocycles. The average Bonchev–Trinajstić information content (AvgIpc) is 2.41. The van der Waals surface area contributed by atoms with Crippen molar-refractivity contribution in [2.24, 2.45) is 0 Å². The zero-order chi connectivity index (χ0) is 17.8. The van der Waals surface area contributed by atoms with Gasteiger partial charge in [-0.25, -0.2) is 4.39 Å². The van der Waals surface area contributed by atoms with Gasteiger partial charge in [0.25, 0.3) is 0 Å². The topological polar surface area (TPSA) is 61.5 Å². The van der Waals surface area contributed by atoms with Crippen LogP contribution in [0.1, 0.15) is 39.2 Å². The number of carbonyl (C=O) groups excluding carboxylic acids is 1. The molecule has 0 heterocycles. The van der Waals surface area contributed by atoms with Crippen molar-refractivity contribution < 1.29 is 18.3 Å². The Balaban J connectivity index is 3.02. The summed E-state index contributed by atoms with van der Waals surface area (Å²) in [7, 11) is -2.02. The van der Waals surface area contributed by atoms with Crippen molar-refractivity contribution in [3.05, 3.63) is 29.6 Å². The van der Waals surface area contributed by atoms with Crippen LogP contribution in [0.15, 0.2) is 18.2 Å². The number of anilines is 1. The summed E-state index contributed by atoms with van der Waals surface area (Å²) in [4.78, 5) is 12.3. The molecule has 4 nitrogen and oxygen atoms in total. The molecule has 0 aliphatic rings. The van der Waals surface area contributed by atoms with Gasteiger partial charge in [0.1, 0.15) is 11.7 Å². The van der Waals surface area contributed by atoms with Gasteiger partial charge in [0.05, 0.1) is 18.9 Å². The van der Waals surface area contributed by atoms with Gasteiger partial charge >= 0.3 is 5.97 Å². The first-order valence-corrected chi connectivity index (χ1v) is 10.8. The van der Waals surface area contributed by atoms with Crippen LogP contribution in [0.4, 0.5) is 10.1 Å². The second kappa shape index (κ2) is 7.44. The van der Waals surface area contributed by atoms with Crippen LogP contribution in [-0.2, 0) is 14.0 Å². The third kappa shape index (κ3) is 5.04. The Morgan fingerprint density at radius 1 is 1.35 bits per heavy atom. The minimum Gasteiger partial charge on any atom is -0.465 e. The van der Waals surface area contributed by atoms with E-state index in [4.69, 9.17) is 14.9 Å². The number of ether oxygens (including phenoxy) is 1. The van der Waals surface area contributed by atoms with Crippen molar-refractivity contribution >= 4 is 20.0 Å². The lowest BCUT2D eigenvalue weighted by molar-refractivity contribution is -0.145. The van der Waals surface area contributed by atoms with Crippen molar-refractivity contribution in [2.45, 2.75) is 51.7 Å². The fourth-order valence-electron chi connectivity index (χ4n) is 1.81. The number of carbonyl (C=O) groups is 1. The molecule has 1 atom stereocenters. The van der Waals surface area contributed by atoms with Crippen LogP contribution < -0.4 is 5.73 Å². The van der Waals surface area contributed by atoms with Gasteiger partial charge in [0.2, 0.25) is 0 Å². The van der Waals surface area contributed by atoms with Crippen LogP contribution in [0.5, 0.6) is 0 Å². The van der Waals surface area contributed by atoms with E-state index >= 15 is 0 Å². The summed E-state index contributed by atoms with van der Waals surface area (Å²) < 4.78 is 25.0. The maximum atomic E-state index is 13.7. The van der Waals surface area contributed by atoms with Crippen molar-refractivity contribution in [3.8, 4) is 0 Å². The molecule has 0 spiro atoms. The zero-order valence-corrected chi connectivity index (χ0v) is 15.9. The summed E-state index contributed by atoms with van der Waals surface area (Å²) in [5, 5.41) is 0.0264. The van der Waals surface area contributed by atoms with Gasteiger partial charge in [-0.05, 0) is 42.8 Å². The molecule has 0 amide bonds. The number of nitrogens with two attached hydrogens (primary N) is 1. The van der Waals surface area contributed by atoms with Crippen molar-refractivity contribution in [3.63, 3.8) is 0 Å². The average molecular weight is 341 g/mol. The quantitative estimate of drug-likeness (QED) is 0.481. The first-order chi connectivity index (χ1) is 10.5. The van der Waals surface area contributed by atoms with E-state index in [1.54, 1.807) is 13.0 Å². The van der Waals surface area contributed by atoms with Gasteiger partial charge < -0.3 is 14.9 Å². The maximum Gasteiger partial charge on any atom is 0.315 e. The molecule has 2 N–H and O–H groups in total. The van der Waals surface area contributed by atoms with Gasteiger partial charge in [-0.1, -0.05) is 26.8 Å². The van der Waals surface area contributed by atoms with Crippen LogP contribution in [0.3, 0.4) is 0 Å². The standard InChI is InChI=1S/C17H28FNO3Si/c1-7-21-16(20)13(11-22-23(5,6)17(2,3)4)12-8-9-15(19)14(18)10-12/h8-10,13H,7,11,19H2,1-6H3. The second-order valence-corrected chi connectivity index (χ2v) is 12.0. The molecule has 130 valence electrons. The predicted octanol–water partition coefficient (Wildman–Crippen LogP) is 4.08. The summed E-state index contributed by atoms with van der Waals surface area (Å²) in [5.74, 6) is -1.60. The van der Waals surface area contributed by atoms with E-state index in [1.807, 2.05) is 0 Å². The highest BCUT2D eigenvalue weighted by Crippen LogP contribution is 2.37. The first-order valence-electron chi connectivity index (χ1n) is 7.85. The highest BCUT2D eigenvalue weighted by molar-refractivity contribution is 6.74. The summed E-state index contributed by atoms with van der Waals surface area (Å²) >= 11 is 0. The van der Waals surface area contributed by atoms with Crippen LogP contribution in [-0.4, -0.2) is 27.5 Å². The smallest absolute Gasteiger partial charge is 0.315 e. The fraction of sp³-hybridized carbons (Fsp3) is 0.588. The molecule has 0 radical (unpaired) electrons. The van der Waals surface area contributed by atoms with Crippen LogP contribution >= 0.6 is 0 Å². The van der Waals surface area contributed by atoms with Gasteiger partial charge in [0.15, 0.2) is 8.32 Å². The number of benzene rings is 1. The molecule has 0 aromatic heterocycles. The number of hydrogen-bond donors (Lipinski definition) is 1. The van der Waals surface area contributed by atoms with Crippen LogP contribution in [0.2, 0.25) is 18.1 Å². The monoisotopic (exact) mass is 341 g/mol. The minimum absolute atomic E-state index is 0.0264. The van der Waals surface area contributed by atoms with Crippen molar-refractivity contribution in [2.75, 3.05) is 18.9 Å². The van der Waals surface area contributed by atoms with Crippen LogP contribution in [0.25, 0.3) is 0 Å². The summed E-state index contributed by atoms with van der Waals surface area (Å²) in [6.45, 7) is 12.8. The van der Waals surface area contributed by atoms with E-state index < -0.39 is 26.0 Å². The lowest BCUT2D eigenvalue weighted by Gasteiger charge is -2.37. The minimum atomic E-state index is -2.02. The number of nitrogen functional groups attached to an aromatic ring is 1. The van der Waals surface area contributed by atoms with Gasteiger partial charge in [-0.15, -0.1) is 0 Å². The maximum absolute atomic E-state index is 13.7. The van der Waals surface area contributed by atoms with Gasteiger partial charge in [0, 0.05) is 0 Å². The lowest BCUT2D eigenvalue weighted by Crippen LogP contribution is -2.42. The van der Waals surface area contributed by atoms with Gasteiger partial charge in [-0.3, -0.25) is 4.79 Å². The molecule has 1 aromatic rings. The Bertz CT molecular complexity index is 555. The molecule has 0 aliphatic carbocycles. The molecular weight excluding hydrogens is 313 g/mol. The van der Waals surface area contributed by atoms with Crippen LogP contribution in [0, 0.1) is 5.82 Å². The Labute approximate surface area is 139 Å². The summed E-state index contributed by atoms with van der Waals surface area (Å²) in [6, 6.07) is 4.39. The normalized spacial score (nSPS) is 13.7. The number of rotatable bonds is 6. The van der Waals surface area contributed by atoms with E-state index in [9.17, 15) is 9.18 Å². The highest BCUT2D eigenvalue weighted by atomic mass is 28.4. The summed E-state index contributed by atoms with van der Waals surface area (Å²) in [5.41, 5.74) is 6.09. The molecule has 0 saturated heterocycles. The van der Waals surface area contributed by atoms with E-state index in [1.165, 1.54) is 12.1 Å². The van der Waals surface area contributed by atoms with E-state index in [-0.39, 0.29) is 23.9 Å². The highest BCUT2D eigenvalue weighted by Gasteiger charge is 2.38. The molecule has 1 unspecified atom stereocenters. The molecule has 0 bridgehead atoms. The Kier molecular flexibility index (Phi) is 6.36.